The van der Waals surface area contributed by atoms with E-state index in [-0.39, 0.29) is 10.9 Å². The summed E-state index contributed by atoms with van der Waals surface area (Å²) < 4.78 is 32.7. The molecular weight excluding hydrogens is 410 g/mol. The number of carbonyl (C=O) groups excluding carboxylic acids is 1. The standard InChI is InChI=1S/C21H21BClFN2O4/c1-12(27)28-18-10-15-17(11-16(18)24)25-26(19(15)23)14-8-6-13(7-9-14)22-29-20(2,3)21(4,5)30-22/h6-11H,1-5H3. The first kappa shape index (κ1) is 20.8. The van der Waals surface area contributed by atoms with Gasteiger partial charge < -0.3 is 14.0 Å². The first-order valence-electron chi connectivity index (χ1n) is 9.51. The Morgan fingerprint density at radius 1 is 1.13 bits per heavy atom. The van der Waals surface area contributed by atoms with E-state index in [2.05, 4.69) is 5.10 Å². The first-order chi connectivity index (χ1) is 14.0. The maximum absolute atomic E-state index is 14.2. The fourth-order valence-electron chi connectivity index (χ4n) is 3.21. The van der Waals surface area contributed by atoms with Crippen LogP contribution in [0.1, 0.15) is 34.6 Å². The maximum atomic E-state index is 14.2. The van der Waals surface area contributed by atoms with Crippen LogP contribution in [0.4, 0.5) is 4.39 Å². The van der Waals surface area contributed by atoms with Crippen molar-refractivity contribution in [1.82, 2.24) is 9.78 Å². The van der Waals surface area contributed by atoms with E-state index < -0.39 is 30.1 Å². The predicted octanol–water partition coefficient (Wildman–Crippen LogP) is 4.04. The summed E-state index contributed by atoms with van der Waals surface area (Å²) in [6.45, 7) is 9.20. The topological polar surface area (TPSA) is 62.6 Å². The largest absolute Gasteiger partial charge is 0.494 e. The summed E-state index contributed by atoms with van der Waals surface area (Å²) >= 11 is 6.48. The number of ether oxygens (including phenoxy) is 1. The van der Waals surface area contributed by atoms with E-state index in [4.69, 9.17) is 25.6 Å². The van der Waals surface area contributed by atoms with Crippen LogP contribution in [0.25, 0.3) is 16.6 Å². The lowest BCUT2D eigenvalue weighted by Crippen LogP contribution is -2.41. The van der Waals surface area contributed by atoms with Crippen molar-refractivity contribution in [1.29, 1.82) is 0 Å². The zero-order valence-electron chi connectivity index (χ0n) is 17.3. The van der Waals surface area contributed by atoms with Gasteiger partial charge in [0.2, 0.25) is 0 Å². The lowest BCUT2D eigenvalue weighted by Gasteiger charge is -2.32. The molecule has 0 amide bonds. The van der Waals surface area contributed by atoms with E-state index in [9.17, 15) is 9.18 Å². The summed E-state index contributed by atoms with van der Waals surface area (Å²) in [5, 5.41) is 5.13. The van der Waals surface area contributed by atoms with Crippen LogP contribution in [-0.4, -0.2) is 34.1 Å². The average molecular weight is 431 g/mol. The third-order valence-corrected chi connectivity index (χ3v) is 5.95. The minimum absolute atomic E-state index is 0.187. The summed E-state index contributed by atoms with van der Waals surface area (Å²) in [5.41, 5.74) is 1.05. The van der Waals surface area contributed by atoms with Crippen molar-refractivity contribution in [2.75, 3.05) is 0 Å². The van der Waals surface area contributed by atoms with Gasteiger partial charge in [-0.15, -0.1) is 0 Å². The third kappa shape index (κ3) is 3.49. The molecule has 1 aromatic heterocycles. The lowest BCUT2D eigenvalue weighted by atomic mass is 9.79. The highest BCUT2D eigenvalue weighted by Crippen LogP contribution is 2.36. The highest BCUT2D eigenvalue weighted by Gasteiger charge is 2.51. The SMILES string of the molecule is CC(=O)Oc1cc2c(Cl)n(-c3ccc(B4OC(C)(C)C(C)(C)O4)cc3)nc2cc1F. The molecule has 2 aromatic carbocycles. The Hall–Kier alpha value is -2.42. The Kier molecular flexibility index (Phi) is 4.92. The second kappa shape index (κ2) is 7.08. The number of fused-ring (bicyclic) bond motifs is 1. The van der Waals surface area contributed by atoms with Crippen LogP contribution in [-0.2, 0) is 14.1 Å². The van der Waals surface area contributed by atoms with Gasteiger partial charge in [0.1, 0.15) is 5.15 Å². The van der Waals surface area contributed by atoms with Crippen LogP contribution in [0.2, 0.25) is 5.15 Å². The quantitative estimate of drug-likeness (QED) is 0.356. The van der Waals surface area contributed by atoms with Gasteiger partial charge in [0.15, 0.2) is 11.6 Å². The summed E-state index contributed by atoms with van der Waals surface area (Å²) in [5.74, 6) is -1.49. The number of carbonyl (C=O) groups is 1. The molecule has 1 aliphatic rings. The van der Waals surface area contributed by atoms with Crippen LogP contribution >= 0.6 is 11.6 Å². The van der Waals surface area contributed by atoms with Gasteiger partial charge in [-0.1, -0.05) is 23.7 Å². The van der Waals surface area contributed by atoms with Gasteiger partial charge in [0.25, 0.3) is 0 Å². The number of nitrogens with zero attached hydrogens (tertiary/aromatic N) is 2. The number of hydrogen-bond donors (Lipinski definition) is 0. The van der Waals surface area contributed by atoms with E-state index in [0.717, 1.165) is 5.46 Å². The fourth-order valence-corrected chi connectivity index (χ4v) is 3.50. The summed E-state index contributed by atoms with van der Waals surface area (Å²) in [7, 11) is -0.475. The van der Waals surface area contributed by atoms with Gasteiger partial charge in [-0.2, -0.15) is 5.10 Å². The molecule has 0 bridgehead atoms. The molecule has 4 rings (SSSR count). The van der Waals surface area contributed by atoms with Crippen LogP contribution in [0, 0.1) is 5.82 Å². The third-order valence-electron chi connectivity index (χ3n) is 5.58. The molecule has 3 aromatic rings. The van der Waals surface area contributed by atoms with Crippen molar-refractivity contribution in [2.45, 2.75) is 45.8 Å². The molecule has 0 aliphatic carbocycles. The van der Waals surface area contributed by atoms with Crippen LogP contribution in [0.15, 0.2) is 36.4 Å². The van der Waals surface area contributed by atoms with Crippen molar-refractivity contribution >= 4 is 41.1 Å². The van der Waals surface area contributed by atoms with Gasteiger partial charge in [-0.05, 0) is 51.4 Å². The number of esters is 1. The van der Waals surface area contributed by atoms with E-state index >= 15 is 0 Å². The zero-order chi connectivity index (χ0) is 21.8. The predicted molar refractivity (Wildman–Crippen MR) is 113 cm³/mol. The molecular formula is C21H21BClFN2O4. The zero-order valence-corrected chi connectivity index (χ0v) is 18.1. The molecule has 0 unspecified atom stereocenters. The minimum atomic E-state index is -0.685. The molecule has 0 spiro atoms. The fraction of sp³-hybridized carbons (Fsp3) is 0.333. The molecule has 2 heterocycles. The van der Waals surface area contributed by atoms with E-state index in [1.165, 1.54) is 23.7 Å². The Morgan fingerprint density at radius 2 is 1.73 bits per heavy atom. The monoisotopic (exact) mass is 430 g/mol. The highest BCUT2D eigenvalue weighted by molar-refractivity contribution is 6.62. The molecule has 6 nitrogen and oxygen atoms in total. The molecule has 30 heavy (non-hydrogen) atoms. The molecule has 1 aliphatic heterocycles. The average Bonchev–Trinajstić information content (AvgIpc) is 3.08. The Bertz CT molecular complexity index is 1130. The number of hydrogen-bond acceptors (Lipinski definition) is 5. The molecule has 1 fully saturated rings. The van der Waals surface area contributed by atoms with Crippen molar-refractivity contribution in [3.8, 4) is 11.4 Å². The number of rotatable bonds is 3. The minimum Gasteiger partial charge on any atom is -0.424 e. The van der Waals surface area contributed by atoms with Gasteiger partial charge >= 0.3 is 13.1 Å². The summed E-state index contributed by atoms with van der Waals surface area (Å²) in [6.07, 6.45) is 0. The summed E-state index contributed by atoms with van der Waals surface area (Å²) in [6, 6.07) is 9.99. The van der Waals surface area contributed by atoms with Crippen LogP contribution in [0.5, 0.6) is 5.75 Å². The van der Waals surface area contributed by atoms with Crippen molar-refractivity contribution in [3.63, 3.8) is 0 Å². The lowest BCUT2D eigenvalue weighted by molar-refractivity contribution is -0.132. The first-order valence-corrected chi connectivity index (χ1v) is 9.88. The van der Waals surface area contributed by atoms with Gasteiger partial charge in [-0.3, -0.25) is 4.79 Å². The van der Waals surface area contributed by atoms with E-state index in [1.807, 2.05) is 52.0 Å². The Balaban J connectivity index is 1.66. The Labute approximate surface area is 179 Å². The van der Waals surface area contributed by atoms with E-state index in [0.29, 0.717) is 16.6 Å². The van der Waals surface area contributed by atoms with E-state index in [1.54, 1.807) is 0 Å². The molecule has 0 radical (unpaired) electrons. The molecule has 0 N–H and O–H groups in total. The second-order valence-electron chi connectivity index (χ2n) is 8.28. The van der Waals surface area contributed by atoms with Crippen LogP contribution in [0.3, 0.4) is 0 Å². The number of aromatic nitrogens is 2. The van der Waals surface area contributed by atoms with Gasteiger partial charge in [0.05, 0.1) is 22.4 Å². The van der Waals surface area contributed by atoms with Crippen molar-refractivity contribution in [2.24, 2.45) is 0 Å². The van der Waals surface area contributed by atoms with Crippen molar-refractivity contribution in [3.05, 3.63) is 47.4 Å². The molecule has 156 valence electrons. The van der Waals surface area contributed by atoms with Crippen molar-refractivity contribution < 1.29 is 23.2 Å². The molecule has 1 saturated heterocycles. The highest BCUT2D eigenvalue weighted by atomic mass is 35.5. The number of halogens is 2. The van der Waals surface area contributed by atoms with Gasteiger partial charge in [0, 0.05) is 18.4 Å². The number of benzene rings is 2. The summed E-state index contributed by atoms with van der Waals surface area (Å²) in [4.78, 5) is 11.2. The maximum Gasteiger partial charge on any atom is 0.494 e. The Morgan fingerprint density at radius 3 is 2.30 bits per heavy atom. The molecule has 0 atom stereocenters. The normalized spacial score (nSPS) is 17.5. The molecule has 0 saturated carbocycles. The second-order valence-corrected chi connectivity index (χ2v) is 8.63. The smallest absolute Gasteiger partial charge is 0.424 e. The molecule has 9 heteroatoms. The van der Waals surface area contributed by atoms with Gasteiger partial charge in [-0.25, -0.2) is 9.07 Å². The van der Waals surface area contributed by atoms with Crippen LogP contribution < -0.4 is 10.2 Å².